The third-order valence-electron chi connectivity index (χ3n) is 7.20. The van der Waals surface area contributed by atoms with Crippen LogP contribution in [0.1, 0.15) is 35.3 Å². The molecule has 1 unspecified atom stereocenters. The van der Waals surface area contributed by atoms with Crippen LogP contribution >= 0.6 is 23.1 Å². The fraction of sp³-hybridized carbons (Fsp3) is 0.310. The lowest BCUT2D eigenvalue weighted by Crippen LogP contribution is -2.31. The molecule has 0 bridgehead atoms. The molecule has 2 aliphatic rings. The van der Waals surface area contributed by atoms with Crippen molar-refractivity contribution in [2.75, 3.05) is 19.1 Å². The van der Waals surface area contributed by atoms with Crippen molar-refractivity contribution >= 4 is 50.8 Å². The minimum Gasteiger partial charge on any atom is -0.493 e. The Morgan fingerprint density at radius 1 is 0.974 bits per heavy atom. The molecule has 1 saturated heterocycles. The van der Waals surface area contributed by atoms with Crippen molar-refractivity contribution in [2.45, 2.75) is 49.4 Å². The highest BCUT2D eigenvalue weighted by atomic mass is 32.2. The van der Waals surface area contributed by atoms with Gasteiger partial charge in [-0.15, -0.1) is 11.3 Å². The maximum atomic E-state index is 14.1. The van der Waals surface area contributed by atoms with Gasteiger partial charge in [-0.3, -0.25) is 19.0 Å². The maximum absolute atomic E-state index is 14.1. The number of fused-ring (bicyclic) bond motifs is 3. The molecule has 4 aromatic rings. The molecule has 6 rings (SSSR count). The molecule has 2 aromatic carbocycles. The summed E-state index contributed by atoms with van der Waals surface area (Å²) in [7, 11) is 3.03. The number of hydrogen-bond acceptors (Lipinski definition) is 8. The predicted octanol–water partition coefficient (Wildman–Crippen LogP) is 5.08. The van der Waals surface area contributed by atoms with Gasteiger partial charge in [0.05, 0.1) is 31.0 Å². The number of carbonyl (C=O) groups is 2. The van der Waals surface area contributed by atoms with E-state index in [2.05, 4.69) is 0 Å². The molecular formula is C29H27N3O5S2. The summed E-state index contributed by atoms with van der Waals surface area (Å²) >= 11 is 2.75. The number of thioether (sulfide) groups is 1. The van der Waals surface area contributed by atoms with Gasteiger partial charge in [-0.1, -0.05) is 23.9 Å². The largest absolute Gasteiger partial charge is 0.493 e. The zero-order chi connectivity index (χ0) is 27.3. The van der Waals surface area contributed by atoms with E-state index in [1.807, 2.05) is 31.2 Å². The van der Waals surface area contributed by atoms with Crippen LogP contribution in [-0.2, 0) is 22.4 Å². The van der Waals surface area contributed by atoms with Crippen LogP contribution in [0, 0.1) is 6.92 Å². The summed E-state index contributed by atoms with van der Waals surface area (Å²) in [6.45, 7) is 1.97. The lowest BCUT2D eigenvalue weighted by molar-refractivity contribution is -0.121. The lowest BCUT2D eigenvalue weighted by Gasteiger charge is -2.18. The monoisotopic (exact) mass is 561 g/mol. The molecular weight excluding hydrogens is 534 g/mol. The standard InChI is InChI=1S/C29H27N3O5S2/c1-16-7-6-8-17(13-16)32-28(35)25-19-9-4-5-10-22(19)38-26(25)30-29(32)39-23-15-24(33)31(27(23)34)18-11-12-20(36-2)21(14-18)37-3/h6-8,11-14,23H,4-5,9-10,15H2,1-3H3. The van der Waals surface area contributed by atoms with E-state index in [1.165, 1.54) is 35.8 Å². The molecule has 200 valence electrons. The highest BCUT2D eigenvalue weighted by Gasteiger charge is 2.41. The molecule has 0 spiro atoms. The van der Waals surface area contributed by atoms with Crippen LogP contribution in [0.15, 0.2) is 52.4 Å². The number of thiophene rings is 1. The number of aromatic nitrogens is 2. The van der Waals surface area contributed by atoms with Crippen LogP contribution in [0.5, 0.6) is 11.5 Å². The van der Waals surface area contributed by atoms with Crippen LogP contribution in [0.25, 0.3) is 15.9 Å². The molecule has 39 heavy (non-hydrogen) atoms. The van der Waals surface area contributed by atoms with Gasteiger partial charge in [0, 0.05) is 17.4 Å². The molecule has 0 saturated carbocycles. The van der Waals surface area contributed by atoms with E-state index in [4.69, 9.17) is 14.5 Å². The Morgan fingerprint density at radius 2 is 1.77 bits per heavy atom. The van der Waals surface area contributed by atoms with Crippen molar-refractivity contribution in [3.8, 4) is 17.2 Å². The van der Waals surface area contributed by atoms with Gasteiger partial charge in [0.2, 0.25) is 11.8 Å². The SMILES string of the molecule is COc1ccc(N2C(=O)CC(Sc3nc4sc5c(c4c(=O)n3-c3cccc(C)c3)CCCC5)C2=O)cc1OC. The molecule has 10 heteroatoms. The molecule has 0 N–H and O–H groups in total. The summed E-state index contributed by atoms with van der Waals surface area (Å²) in [4.78, 5) is 48.8. The summed E-state index contributed by atoms with van der Waals surface area (Å²) in [5, 5.41) is 0.374. The smallest absolute Gasteiger partial charge is 0.267 e. The maximum Gasteiger partial charge on any atom is 0.267 e. The summed E-state index contributed by atoms with van der Waals surface area (Å²) in [6.07, 6.45) is 4.00. The van der Waals surface area contributed by atoms with E-state index in [9.17, 15) is 14.4 Å². The molecule has 3 heterocycles. The van der Waals surface area contributed by atoms with Crippen molar-refractivity contribution in [1.82, 2.24) is 9.55 Å². The molecule has 2 amide bonds. The quantitative estimate of drug-likeness (QED) is 0.240. The lowest BCUT2D eigenvalue weighted by atomic mass is 9.97. The Morgan fingerprint density at radius 3 is 2.54 bits per heavy atom. The second-order valence-corrected chi connectivity index (χ2v) is 11.9. The number of aryl methyl sites for hydroxylation is 3. The summed E-state index contributed by atoms with van der Waals surface area (Å²) in [6, 6.07) is 12.6. The Balaban J connectivity index is 1.42. The predicted molar refractivity (Wildman–Crippen MR) is 153 cm³/mol. The first-order valence-electron chi connectivity index (χ1n) is 12.8. The Labute approximate surface area is 233 Å². The van der Waals surface area contributed by atoms with Crippen LogP contribution in [-0.4, -0.2) is 40.8 Å². The van der Waals surface area contributed by atoms with Crippen LogP contribution in [0.3, 0.4) is 0 Å². The third kappa shape index (κ3) is 4.41. The average molecular weight is 562 g/mol. The highest BCUT2D eigenvalue weighted by molar-refractivity contribution is 8.00. The minimum atomic E-state index is -0.722. The summed E-state index contributed by atoms with van der Waals surface area (Å²) < 4.78 is 12.3. The number of carbonyl (C=O) groups excluding carboxylic acids is 2. The van der Waals surface area contributed by atoms with E-state index >= 15 is 0 Å². The number of imide groups is 1. The molecule has 0 radical (unpaired) electrons. The number of amides is 2. The van der Waals surface area contributed by atoms with Gasteiger partial charge in [0.1, 0.15) is 10.1 Å². The number of ether oxygens (including phenoxy) is 2. The van der Waals surface area contributed by atoms with E-state index in [0.29, 0.717) is 38.2 Å². The first kappa shape index (κ1) is 25.6. The first-order valence-corrected chi connectivity index (χ1v) is 14.5. The van der Waals surface area contributed by atoms with Gasteiger partial charge in [-0.2, -0.15) is 0 Å². The molecule has 2 aromatic heterocycles. The van der Waals surface area contributed by atoms with Crippen LogP contribution in [0.4, 0.5) is 5.69 Å². The van der Waals surface area contributed by atoms with Gasteiger partial charge in [0.25, 0.3) is 5.56 Å². The van der Waals surface area contributed by atoms with E-state index < -0.39 is 5.25 Å². The van der Waals surface area contributed by atoms with Gasteiger partial charge in [-0.05, 0) is 68.0 Å². The second-order valence-electron chi connectivity index (χ2n) is 9.68. The third-order valence-corrected chi connectivity index (χ3v) is 9.52. The number of methoxy groups -OCH3 is 2. The van der Waals surface area contributed by atoms with Gasteiger partial charge in [0.15, 0.2) is 16.7 Å². The fourth-order valence-corrected chi connectivity index (χ4v) is 7.75. The normalized spacial score (nSPS) is 17.1. The van der Waals surface area contributed by atoms with Gasteiger partial charge < -0.3 is 9.47 Å². The van der Waals surface area contributed by atoms with E-state index in [0.717, 1.165) is 36.8 Å². The number of anilines is 1. The van der Waals surface area contributed by atoms with Gasteiger partial charge >= 0.3 is 0 Å². The minimum absolute atomic E-state index is 0.000506. The van der Waals surface area contributed by atoms with Gasteiger partial charge in [-0.25, -0.2) is 9.88 Å². The molecule has 1 aliphatic carbocycles. The van der Waals surface area contributed by atoms with E-state index in [1.54, 1.807) is 34.1 Å². The second kappa shape index (κ2) is 10.2. The van der Waals surface area contributed by atoms with Crippen LogP contribution < -0.4 is 19.9 Å². The average Bonchev–Trinajstić information content (AvgIpc) is 3.44. The van der Waals surface area contributed by atoms with Crippen molar-refractivity contribution in [3.05, 3.63) is 68.8 Å². The molecule has 1 fully saturated rings. The van der Waals surface area contributed by atoms with Crippen molar-refractivity contribution in [2.24, 2.45) is 0 Å². The van der Waals surface area contributed by atoms with Crippen LogP contribution in [0.2, 0.25) is 0 Å². The first-order chi connectivity index (χ1) is 18.9. The van der Waals surface area contributed by atoms with Crippen molar-refractivity contribution < 1.29 is 19.1 Å². The number of hydrogen-bond donors (Lipinski definition) is 0. The zero-order valence-corrected chi connectivity index (χ0v) is 23.5. The topological polar surface area (TPSA) is 90.7 Å². The van der Waals surface area contributed by atoms with E-state index in [-0.39, 0.29) is 23.8 Å². The Bertz CT molecular complexity index is 1690. The fourth-order valence-electron chi connectivity index (χ4n) is 5.32. The number of rotatable bonds is 6. The molecule has 1 aliphatic heterocycles. The highest BCUT2D eigenvalue weighted by Crippen LogP contribution is 2.39. The summed E-state index contributed by atoms with van der Waals surface area (Å²) in [5.74, 6) is 0.257. The zero-order valence-electron chi connectivity index (χ0n) is 21.9. The summed E-state index contributed by atoms with van der Waals surface area (Å²) in [5.41, 5.74) is 3.11. The Kier molecular flexibility index (Phi) is 6.68. The Hall–Kier alpha value is -3.63. The van der Waals surface area contributed by atoms with Crippen molar-refractivity contribution in [1.29, 1.82) is 0 Å². The molecule has 1 atom stereocenters. The van der Waals surface area contributed by atoms with Crippen molar-refractivity contribution in [3.63, 3.8) is 0 Å². The molecule has 8 nitrogen and oxygen atoms in total. The number of benzene rings is 2. The number of nitrogens with zero attached hydrogens (tertiary/aromatic N) is 3.